The molecule has 0 radical (unpaired) electrons. The van der Waals surface area contributed by atoms with Crippen LogP contribution in [0.15, 0.2) is 6.20 Å². The summed E-state index contributed by atoms with van der Waals surface area (Å²) in [7, 11) is 0. The van der Waals surface area contributed by atoms with E-state index in [1.54, 1.807) is 6.20 Å². The summed E-state index contributed by atoms with van der Waals surface area (Å²) in [6, 6.07) is 0.0249. The molecule has 1 N–H and O–H groups in total. The molecule has 2 aliphatic rings. The molecule has 6 heteroatoms. The third kappa shape index (κ3) is 2.90. The van der Waals surface area contributed by atoms with E-state index in [0.29, 0.717) is 19.1 Å². The van der Waals surface area contributed by atoms with Gasteiger partial charge in [0.2, 0.25) is 0 Å². The molecule has 2 atom stereocenters. The van der Waals surface area contributed by atoms with Crippen molar-refractivity contribution in [3.05, 3.63) is 17.5 Å². The van der Waals surface area contributed by atoms with E-state index in [4.69, 9.17) is 4.74 Å². The first-order chi connectivity index (χ1) is 10.7. The molecule has 0 aromatic carbocycles. The summed E-state index contributed by atoms with van der Waals surface area (Å²) >= 11 is 0. The van der Waals surface area contributed by atoms with Crippen LogP contribution in [-0.4, -0.2) is 57.6 Å². The molecule has 2 heterocycles. The number of aromatic nitrogens is 2. The lowest BCUT2D eigenvalue weighted by Gasteiger charge is -2.37. The second kappa shape index (κ2) is 6.38. The highest BCUT2D eigenvalue weighted by Crippen LogP contribution is 2.42. The number of amides is 1. The van der Waals surface area contributed by atoms with Crippen LogP contribution in [0.4, 0.5) is 0 Å². The highest BCUT2D eigenvalue weighted by Gasteiger charge is 2.36. The smallest absolute Gasteiger partial charge is 0.257 e. The third-order valence-corrected chi connectivity index (χ3v) is 4.48. The third-order valence-electron chi connectivity index (χ3n) is 4.48. The maximum Gasteiger partial charge on any atom is 0.257 e. The van der Waals surface area contributed by atoms with Gasteiger partial charge in [-0.2, -0.15) is 5.10 Å². The van der Waals surface area contributed by atoms with Crippen molar-refractivity contribution in [3.63, 3.8) is 0 Å². The summed E-state index contributed by atoms with van der Waals surface area (Å²) in [5, 5.41) is 13.7. The van der Waals surface area contributed by atoms with Crippen LogP contribution < -0.4 is 0 Å². The highest BCUT2D eigenvalue weighted by molar-refractivity contribution is 5.95. The SMILES string of the molecule is CCCn1ncc(C(=O)N2CC(CO)OCC2C)c1C1CC1. The van der Waals surface area contributed by atoms with Crippen LogP contribution in [0.1, 0.15) is 55.1 Å². The molecule has 1 aliphatic carbocycles. The molecule has 0 bridgehead atoms. The van der Waals surface area contributed by atoms with Gasteiger partial charge in [-0.3, -0.25) is 9.48 Å². The van der Waals surface area contributed by atoms with Gasteiger partial charge in [-0.25, -0.2) is 0 Å². The van der Waals surface area contributed by atoms with Gasteiger partial charge >= 0.3 is 0 Å². The van der Waals surface area contributed by atoms with Crippen LogP contribution in [0.5, 0.6) is 0 Å². The second-order valence-electron chi connectivity index (χ2n) is 6.39. The zero-order chi connectivity index (χ0) is 15.7. The van der Waals surface area contributed by atoms with E-state index in [1.807, 2.05) is 16.5 Å². The molecule has 1 saturated carbocycles. The number of hydrogen-bond acceptors (Lipinski definition) is 4. The molecular formula is C16H25N3O3. The van der Waals surface area contributed by atoms with Gasteiger partial charge in [0, 0.05) is 19.0 Å². The Bertz CT molecular complexity index is 539. The second-order valence-corrected chi connectivity index (χ2v) is 6.39. The van der Waals surface area contributed by atoms with Gasteiger partial charge in [0.05, 0.1) is 42.8 Å². The maximum atomic E-state index is 13.0. The molecule has 122 valence electrons. The van der Waals surface area contributed by atoms with Crippen LogP contribution in [0, 0.1) is 0 Å². The molecule has 22 heavy (non-hydrogen) atoms. The van der Waals surface area contributed by atoms with E-state index < -0.39 is 0 Å². The lowest BCUT2D eigenvalue weighted by atomic mass is 10.1. The molecule has 1 aliphatic heterocycles. The van der Waals surface area contributed by atoms with Gasteiger partial charge in [0.1, 0.15) is 0 Å². The minimum atomic E-state index is -0.282. The quantitative estimate of drug-likeness (QED) is 0.892. The van der Waals surface area contributed by atoms with Crippen molar-refractivity contribution in [1.29, 1.82) is 0 Å². The van der Waals surface area contributed by atoms with Gasteiger partial charge in [-0.1, -0.05) is 6.92 Å². The summed E-state index contributed by atoms with van der Waals surface area (Å²) in [6.45, 7) is 5.82. The van der Waals surface area contributed by atoms with Crippen molar-refractivity contribution in [2.75, 3.05) is 19.8 Å². The van der Waals surface area contributed by atoms with Crippen molar-refractivity contribution in [2.24, 2.45) is 0 Å². The van der Waals surface area contributed by atoms with Crippen LogP contribution in [0.2, 0.25) is 0 Å². The Hall–Kier alpha value is -1.40. The molecule has 3 rings (SSSR count). The van der Waals surface area contributed by atoms with E-state index in [2.05, 4.69) is 12.0 Å². The van der Waals surface area contributed by atoms with Crippen molar-refractivity contribution in [1.82, 2.24) is 14.7 Å². The number of carbonyl (C=O) groups excluding carboxylic acids is 1. The van der Waals surface area contributed by atoms with E-state index in [0.717, 1.165) is 37.1 Å². The van der Waals surface area contributed by atoms with Crippen molar-refractivity contribution < 1.29 is 14.6 Å². The Morgan fingerprint density at radius 2 is 2.27 bits per heavy atom. The van der Waals surface area contributed by atoms with E-state index in [1.165, 1.54) is 0 Å². The molecule has 0 spiro atoms. The first kappa shape index (κ1) is 15.5. The summed E-state index contributed by atoms with van der Waals surface area (Å²) in [5.41, 5.74) is 1.84. The monoisotopic (exact) mass is 307 g/mol. The van der Waals surface area contributed by atoms with Gasteiger partial charge < -0.3 is 14.7 Å². The molecule has 6 nitrogen and oxygen atoms in total. The number of hydrogen-bond donors (Lipinski definition) is 1. The summed E-state index contributed by atoms with van der Waals surface area (Å²) in [5.74, 6) is 0.511. The number of nitrogens with zero attached hydrogens (tertiary/aromatic N) is 3. The summed E-state index contributed by atoms with van der Waals surface area (Å²) in [6.07, 6.45) is 4.74. The number of aliphatic hydroxyl groups is 1. The van der Waals surface area contributed by atoms with E-state index in [-0.39, 0.29) is 24.7 Å². The Morgan fingerprint density at radius 3 is 2.91 bits per heavy atom. The van der Waals surface area contributed by atoms with Crippen LogP contribution >= 0.6 is 0 Å². The molecule has 1 amide bonds. The van der Waals surface area contributed by atoms with Gasteiger partial charge in [0.25, 0.3) is 5.91 Å². The van der Waals surface area contributed by atoms with Gasteiger partial charge in [0.15, 0.2) is 0 Å². The Labute approximate surface area is 131 Å². The normalized spacial score (nSPS) is 25.5. The molecular weight excluding hydrogens is 282 g/mol. The van der Waals surface area contributed by atoms with E-state index in [9.17, 15) is 9.90 Å². The number of aryl methyl sites for hydroxylation is 1. The molecule has 2 unspecified atom stereocenters. The average Bonchev–Trinajstić information content (AvgIpc) is 3.28. The lowest BCUT2D eigenvalue weighted by molar-refractivity contribution is -0.0667. The predicted octanol–water partition coefficient (Wildman–Crippen LogP) is 1.39. The zero-order valence-electron chi connectivity index (χ0n) is 13.4. The fourth-order valence-electron chi connectivity index (χ4n) is 3.10. The number of ether oxygens (including phenoxy) is 1. The van der Waals surface area contributed by atoms with Crippen molar-refractivity contribution in [3.8, 4) is 0 Å². The molecule has 1 aromatic rings. The minimum Gasteiger partial charge on any atom is -0.394 e. The highest BCUT2D eigenvalue weighted by atomic mass is 16.5. The molecule has 2 fully saturated rings. The fraction of sp³-hybridized carbons (Fsp3) is 0.750. The zero-order valence-corrected chi connectivity index (χ0v) is 13.4. The van der Waals surface area contributed by atoms with Gasteiger partial charge in [-0.05, 0) is 26.2 Å². The fourth-order valence-corrected chi connectivity index (χ4v) is 3.10. The largest absolute Gasteiger partial charge is 0.394 e. The number of carbonyl (C=O) groups is 1. The molecule has 1 saturated heterocycles. The first-order valence-electron chi connectivity index (χ1n) is 8.24. The van der Waals surface area contributed by atoms with Crippen molar-refractivity contribution in [2.45, 2.75) is 57.7 Å². The standard InChI is InChI=1S/C16H25N3O3/c1-3-6-19-15(12-4-5-12)14(7-17-19)16(21)18-8-13(9-20)22-10-11(18)2/h7,11-13,20H,3-6,8-10H2,1-2H3. The average molecular weight is 307 g/mol. The Morgan fingerprint density at radius 1 is 1.50 bits per heavy atom. The number of morpholine rings is 1. The summed E-state index contributed by atoms with van der Waals surface area (Å²) in [4.78, 5) is 14.8. The van der Waals surface area contributed by atoms with Crippen molar-refractivity contribution >= 4 is 5.91 Å². The van der Waals surface area contributed by atoms with Crippen LogP contribution in [0.25, 0.3) is 0 Å². The molecule has 1 aromatic heterocycles. The lowest BCUT2D eigenvalue weighted by Crippen LogP contribution is -2.52. The van der Waals surface area contributed by atoms with Gasteiger partial charge in [-0.15, -0.1) is 0 Å². The Kier molecular flexibility index (Phi) is 4.49. The van der Waals surface area contributed by atoms with Crippen LogP contribution in [-0.2, 0) is 11.3 Å². The Balaban J connectivity index is 1.85. The minimum absolute atomic E-state index is 0.0249. The van der Waals surface area contributed by atoms with E-state index >= 15 is 0 Å². The summed E-state index contributed by atoms with van der Waals surface area (Å²) < 4.78 is 7.52. The van der Waals surface area contributed by atoms with Crippen LogP contribution in [0.3, 0.4) is 0 Å². The number of rotatable bonds is 5. The number of aliphatic hydroxyl groups excluding tert-OH is 1. The predicted molar refractivity (Wildman–Crippen MR) is 81.8 cm³/mol. The first-order valence-corrected chi connectivity index (χ1v) is 8.24. The maximum absolute atomic E-state index is 13.0. The topological polar surface area (TPSA) is 67.6 Å².